The van der Waals surface area contributed by atoms with E-state index < -0.39 is 44.8 Å². The Bertz CT molecular complexity index is 952. The van der Waals surface area contributed by atoms with Crippen LogP contribution in [-0.2, 0) is 4.74 Å². The van der Waals surface area contributed by atoms with Crippen molar-refractivity contribution in [2.75, 3.05) is 12.3 Å². The molecule has 2 aromatic heterocycles. The molecule has 3 heterocycles. The number of nitrogens with one attached hydrogen (secondary N) is 1. The van der Waals surface area contributed by atoms with Crippen molar-refractivity contribution in [2.45, 2.75) is 44.2 Å². The van der Waals surface area contributed by atoms with Crippen LogP contribution in [0.4, 0.5) is 5.95 Å². The van der Waals surface area contributed by atoms with Gasteiger partial charge in [-0.25, -0.2) is 0 Å². The van der Waals surface area contributed by atoms with Gasteiger partial charge in [-0.2, -0.15) is 4.98 Å². The lowest BCUT2D eigenvalue weighted by atomic mass is 10.1. The van der Waals surface area contributed by atoms with Crippen LogP contribution >= 0.6 is 0 Å². The van der Waals surface area contributed by atoms with E-state index in [9.17, 15) is 20.1 Å². The van der Waals surface area contributed by atoms with Gasteiger partial charge in [-0.15, -0.1) is 5.54 Å². The number of nitrogens with zero attached hydrogens (tertiary/aromatic N) is 2. The number of hydrogen-bond acceptors (Lipinski definition) is 7. The molecule has 0 aliphatic carbocycles. The average molecular weight is 378 g/mol. The lowest BCUT2D eigenvalue weighted by Gasteiger charge is -2.17. The summed E-state index contributed by atoms with van der Waals surface area (Å²) in [4.78, 5) is 19.0. The molecule has 0 spiro atoms. The molecule has 9 nitrogen and oxygen atoms in total. The SMILES string of the molecule is C[Si](C)(C)C#Cc1cn([C@@H]2O[C@H](CO)[C@@H](O)[C@H]2O)c2nc(N)[nH]c(=O)c12. The van der Waals surface area contributed by atoms with Gasteiger partial charge in [0.25, 0.3) is 5.56 Å². The zero-order valence-corrected chi connectivity index (χ0v) is 15.7. The van der Waals surface area contributed by atoms with Crippen molar-refractivity contribution in [3.8, 4) is 11.5 Å². The number of H-pyrrole nitrogens is 1. The van der Waals surface area contributed by atoms with Crippen molar-refractivity contribution in [3.05, 3.63) is 22.1 Å². The van der Waals surface area contributed by atoms with Crippen molar-refractivity contribution < 1.29 is 20.1 Å². The summed E-state index contributed by atoms with van der Waals surface area (Å²) < 4.78 is 6.98. The number of nitrogen functional groups attached to an aromatic ring is 1. The van der Waals surface area contributed by atoms with Gasteiger partial charge in [0.15, 0.2) is 11.9 Å². The number of aliphatic hydroxyl groups excluding tert-OH is 3. The standard InChI is InChI=1S/C16H22N4O5Si/c1-26(2,3)5-4-8-6-20(13-10(8)14(24)19-16(17)18-13)15-12(23)11(22)9(7-21)25-15/h6,9,11-12,15,21-23H,7H2,1-3H3,(H3,17,18,19,24)/t9-,11-,12-,15-/m1/s1. The van der Waals surface area contributed by atoms with E-state index in [0.717, 1.165) is 0 Å². The van der Waals surface area contributed by atoms with Crippen molar-refractivity contribution in [3.63, 3.8) is 0 Å². The minimum absolute atomic E-state index is 0.0849. The highest BCUT2D eigenvalue weighted by Gasteiger charge is 2.44. The molecule has 0 amide bonds. The molecule has 140 valence electrons. The maximum atomic E-state index is 12.4. The van der Waals surface area contributed by atoms with E-state index in [1.54, 1.807) is 6.20 Å². The van der Waals surface area contributed by atoms with Crippen molar-refractivity contribution in [2.24, 2.45) is 0 Å². The predicted molar refractivity (Wildman–Crippen MR) is 98.0 cm³/mol. The van der Waals surface area contributed by atoms with Crippen LogP contribution in [0.1, 0.15) is 11.8 Å². The minimum Gasteiger partial charge on any atom is -0.394 e. The van der Waals surface area contributed by atoms with Gasteiger partial charge in [0, 0.05) is 6.20 Å². The van der Waals surface area contributed by atoms with E-state index >= 15 is 0 Å². The lowest BCUT2D eigenvalue weighted by molar-refractivity contribution is -0.0508. The van der Waals surface area contributed by atoms with Gasteiger partial charge in [0.05, 0.1) is 17.6 Å². The molecular formula is C16H22N4O5Si. The zero-order valence-electron chi connectivity index (χ0n) is 14.7. The Morgan fingerprint density at radius 1 is 1.38 bits per heavy atom. The monoisotopic (exact) mass is 378 g/mol. The molecule has 0 bridgehead atoms. The fourth-order valence-electron chi connectivity index (χ4n) is 2.83. The molecule has 0 unspecified atom stereocenters. The Morgan fingerprint density at radius 3 is 2.65 bits per heavy atom. The molecule has 1 aliphatic rings. The van der Waals surface area contributed by atoms with Crippen molar-refractivity contribution >= 4 is 25.1 Å². The van der Waals surface area contributed by atoms with Crippen LogP contribution in [0.3, 0.4) is 0 Å². The molecule has 0 radical (unpaired) electrons. The van der Waals surface area contributed by atoms with Crippen LogP contribution in [0.25, 0.3) is 11.0 Å². The molecule has 2 aromatic rings. The lowest BCUT2D eigenvalue weighted by Crippen LogP contribution is -2.33. The van der Waals surface area contributed by atoms with E-state index in [1.807, 2.05) is 0 Å². The molecule has 1 fully saturated rings. The Labute approximate surface area is 150 Å². The number of fused-ring (bicyclic) bond motifs is 1. The third kappa shape index (κ3) is 3.27. The van der Waals surface area contributed by atoms with E-state index in [-0.39, 0.29) is 17.0 Å². The first-order valence-electron chi connectivity index (χ1n) is 8.18. The molecule has 1 aliphatic heterocycles. The maximum Gasteiger partial charge on any atom is 0.263 e. The van der Waals surface area contributed by atoms with Gasteiger partial charge in [-0.05, 0) is 0 Å². The van der Waals surface area contributed by atoms with Crippen LogP contribution in [0.2, 0.25) is 19.6 Å². The predicted octanol–water partition coefficient (Wildman–Crippen LogP) is -0.853. The fraction of sp³-hybridized carbons (Fsp3) is 0.500. The van der Waals surface area contributed by atoms with Gasteiger partial charge in [0.2, 0.25) is 5.95 Å². The van der Waals surface area contributed by atoms with Gasteiger partial charge in [0.1, 0.15) is 26.4 Å². The molecule has 6 N–H and O–H groups in total. The number of aromatic amines is 1. The van der Waals surface area contributed by atoms with Crippen molar-refractivity contribution in [1.29, 1.82) is 0 Å². The molecule has 0 saturated carbocycles. The van der Waals surface area contributed by atoms with E-state index in [4.69, 9.17) is 10.5 Å². The number of aliphatic hydroxyl groups is 3. The second-order valence-corrected chi connectivity index (χ2v) is 12.1. The summed E-state index contributed by atoms with van der Waals surface area (Å²) in [6.07, 6.45) is -2.98. The first kappa shape index (κ1) is 18.6. The second kappa shape index (κ2) is 6.53. The molecule has 0 aromatic carbocycles. The summed E-state index contributed by atoms with van der Waals surface area (Å²) >= 11 is 0. The smallest absolute Gasteiger partial charge is 0.263 e. The Kier molecular flexibility index (Phi) is 4.68. The van der Waals surface area contributed by atoms with Gasteiger partial charge in [-0.1, -0.05) is 25.6 Å². The van der Waals surface area contributed by atoms with Gasteiger partial charge >= 0.3 is 0 Å². The number of rotatable bonds is 2. The highest BCUT2D eigenvalue weighted by atomic mass is 28.3. The normalized spacial score (nSPS) is 26.1. The molecule has 26 heavy (non-hydrogen) atoms. The number of anilines is 1. The number of hydrogen-bond donors (Lipinski definition) is 5. The van der Waals surface area contributed by atoms with Crippen molar-refractivity contribution in [1.82, 2.24) is 14.5 Å². The van der Waals surface area contributed by atoms with Gasteiger partial charge < -0.3 is 30.4 Å². The number of aromatic nitrogens is 3. The summed E-state index contributed by atoms with van der Waals surface area (Å²) in [5.74, 6) is 2.94. The summed E-state index contributed by atoms with van der Waals surface area (Å²) in [6, 6.07) is 0. The first-order chi connectivity index (χ1) is 12.1. The highest BCUT2D eigenvalue weighted by Crippen LogP contribution is 2.32. The third-order valence-electron chi connectivity index (χ3n) is 4.06. The second-order valence-electron chi connectivity index (χ2n) is 7.33. The third-order valence-corrected chi connectivity index (χ3v) is 4.94. The highest BCUT2D eigenvalue weighted by molar-refractivity contribution is 6.83. The van der Waals surface area contributed by atoms with E-state index in [1.165, 1.54) is 4.57 Å². The zero-order chi connectivity index (χ0) is 19.2. The van der Waals surface area contributed by atoms with Crippen LogP contribution < -0.4 is 11.3 Å². The number of ether oxygens (including phenoxy) is 1. The maximum absolute atomic E-state index is 12.4. The number of nitrogens with two attached hydrogens (primary N) is 1. The van der Waals surface area contributed by atoms with Crippen LogP contribution in [-0.4, -0.2) is 62.8 Å². The molecule has 4 atom stereocenters. The largest absolute Gasteiger partial charge is 0.394 e. The summed E-state index contributed by atoms with van der Waals surface area (Å²) in [6.45, 7) is 5.77. The molecule has 10 heteroatoms. The topological polar surface area (TPSA) is 147 Å². The van der Waals surface area contributed by atoms with Crippen LogP contribution in [0.15, 0.2) is 11.0 Å². The van der Waals surface area contributed by atoms with E-state index in [0.29, 0.717) is 5.56 Å². The molecular weight excluding hydrogens is 356 g/mol. The fourth-order valence-corrected chi connectivity index (χ4v) is 3.34. The summed E-state index contributed by atoms with van der Waals surface area (Å²) in [5.41, 5.74) is 9.03. The van der Waals surface area contributed by atoms with Crippen LogP contribution in [0, 0.1) is 11.5 Å². The summed E-state index contributed by atoms with van der Waals surface area (Å²) in [7, 11) is -1.70. The van der Waals surface area contributed by atoms with E-state index in [2.05, 4.69) is 41.1 Å². The minimum atomic E-state index is -1.70. The Morgan fingerprint density at radius 2 is 2.08 bits per heavy atom. The molecule has 3 rings (SSSR count). The Hall–Kier alpha value is -2.16. The van der Waals surface area contributed by atoms with Gasteiger partial charge in [-0.3, -0.25) is 9.78 Å². The average Bonchev–Trinajstić information content (AvgIpc) is 3.03. The summed E-state index contributed by atoms with van der Waals surface area (Å²) in [5, 5.41) is 29.8. The quantitative estimate of drug-likeness (QED) is 0.338. The first-order valence-corrected chi connectivity index (χ1v) is 11.7. The van der Waals surface area contributed by atoms with Crippen LogP contribution in [0.5, 0.6) is 0 Å². The molecule has 1 saturated heterocycles. The Balaban J connectivity index is 2.20.